The molecule has 15 heavy (non-hydrogen) atoms. The van der Waals surface area contributed by atoms with E-state index in [1.54, 1.807) is 7.11 Å². The summed E-state index contributed by atoms with van der Waals surface area (Å²) in [6, 6.07) is 0.646. The summed E-state index contributed by atoms with van der Waals surface area (Å²) in [4.78, 5) is 13.1. The van der Waals surface area contributed by atoms with Crippen LogP contribution in [0.5, 0.6) is 0 Å². The summed E-state index contributed by atoms with van der Waals surface area (Å²) in [5.74, 6) is -0.508. The number of likely N-dealkylation sites (tertiary alicyclic amines) is 1. The summed E-state index contributed by atoms with van der Waals surface area (Å²) in [6.45, 7) is 3.71. The zero-order valence-electron chi connectivity index (χ0n) is 9.35. The summed E-state index contributed by atoms with van der Waals surface area (Å²) < 4.78 is 5.23. The van der Waals surface area contributed by atoms with Gasteiger partial charge in [0.2, 0.25) is 0 Å². The molecule has 2 aliphatic rings. The number of carbonyl (C=O) groups is 1. The van der Waals surface area contributed by atoms with Gasteiger partial charge in [0, 0.05) is 26.2 Å². The summed E-state index contributed by atoms with van der Waals surface area (Å²) in [6.07, 6.45) is 2.67. The average Bonchev–Trinajstić information content (AvgIpc) is 2.05. The van der Waals surface area contributed by atoms with E-state index < -0.39 is 5.97 Å². The van der Waals surface area contributed by atoms with Crippen molar-refractivity contribution in [3.8, 4) is 0 Å². The third-order valence-corrected chi connectivity index (χ3v) is 3.95. The number of rotatable bonds is 4. The highest BCUT2D eigenvalue weighted by atomic mass is 16.5. The first kappa shape index (κ1) is 10.9. The fourth-order valence-corrected chi connectivity index (χ4v) is 2.39. The van der Waals surface area contributed by atoms with Crippen molar-refractivity contribution < 1.29 is 14.6 Å². The van der Waals surface area contributed by atoms with Crippen molar-refractivity contribution in [3.05, 3.63) is 0 Å². The van der Waals surface area contributed by atoms with Gasteiger partial charge in [0.05, 0.1) is 12.0 Å². The minimum absolute atomic E-state index is 0.195. The predicted molar refractivity (Wildman–Crippen MR) is 55.7 cm³/mol. The molecule has 4 heteroatoms. The van der Waals surface area contributed by atoms with E-state index in [4.69, 9.17) is 9.84 Å². The van der Waals surface area contributed by atoms with Crippen LogP contribution in [-0.2, 0) is 9.53 Å². The lowest BCUT2D eigenvalue weighted by atomic mass is 9.80. The van der Waals surface area contributed by atoms with Crippen LogP contribution in [0.25, 0.3) is 0 Å². The molecule has 1 N–H and O–H groups in total. The van der Waals surface area contributed by atoms with Crippen molar-refractivity contribution in [1.82, 2.24) is 4.90 Å². The van der Waals surface area contributed by atoms with E-state index in [2.05, 4.69) is 4.90 Å². The summed E-state index contributed by atoms with van der Waals surface area (Å²) in [5, 5.41) is 8.86. The number of methoxy groups -OCH3 is 1. The van der Waals surface area contributed by atoms with Gasteiger partial charge in [-0.15, -0.1) is 0 Å². The number of nitrogens with zero attached hydrogens (tertiary/aromatic N) is 1. The molecule has 1 heterocycles. The molecule has 0 spiro atoms. The van der Waals surface area contributed by atoms with E-state index in [0.29, 0.717) is 18.1 Å². The molecule has 1 aliphatic heterocycles. The summed E-state index contributed by atoms with van der Waals surface area (Å²) >= 11 is 0. The van der Waals surface area contributed by atoms with Gasteiger partial charge in [0.1, 0.15) is 0 Å². The molecule has 0 bridgehead atoms. The van der Waals surface area contributed by atoms with E-state index >= 15 is 0 Å². The van der Waals surface area contributed by atoms with Crippen LogP contribution in [0.2, 0.25) is 0 Å². The fraction of sp³-hybridized carbons (Fsp3) is 0.909. The molecule has 1 saturated heterocycles. The molecule has 86 valence electrons. The minimum Gasteiger partial charge on any atom is -0.481 e. The van der Waals surface area contributed by atoms with Gasteiger partial charge in [-0.25, -0.2) is 0 Å². The predicted octanol–water partition coefficient (Wildman–Crippen LogP) is 0.816. The molecule has 2 fully saturated rings. The SMILES string of the molecule is COC1CC(N2CC(C(C)C(=O)O)C2)C1. The first-order valence-electron chi connectivity index (χ1n) is 5.61. The third kappa shape index (κ3) is 2.01. The van der Waals surface area contributed by atoms with Crippen LogP contribution in [0.15, 0.2) is 0 Å². The highest BCUT2D eigenvalue weighted by Crippen LogP contribution is 2.34. The molecular weight excluding hydrogens is 194 g/mol. The lowest BCUT2D eigenvalue weighted by Crippen LogP contribution is -2.59. The highest BCUT2D eigenvalue weighted by molar-refractivity contribution is 5.70. The molecular formula is C11H19NO3. The van der Waals surface area contributed by atoms with Crippen molar-refractivity contribution in [1.29, 1.82) is 0 Å². The standard InChI is InChI=1S/C11H19NO3/c1-7(11(13)14)8-5-12(6-8)9-3-10(4-9)15-2/h7-10H,3-6H2,1-2H3,(H,13,14). The molecule has 0 aromatic heterocycles. The molecule has 1 aliphatic carbocycles. The number of ether oxygens (including phenoxy) is 1. The van der Waals surface area contributed by atoms with Crippen LogP contribution in [0.1, 0.15) is 19.8 Å². The summed E-state index contributed by atoms with van der Waals surface area (Å²) in [7, 11) is 1.76. The Morgan fingerprint density at radius 1 is 1.47 bits per heavy atom. The van der Waals surface area contributed by atoms with Crippen molar-refractivity contribution in [2.24, 2.45) is 11.8 Å². The molecule has 0 aromatic carbocycles. The van der Waals surface area contributed by atoms with Crippen molar-refractivity contribution in [2.75, 3.05) is 20.2 Å². The van der Waals surface area contributed by atoms with Crippen LogP contribution < -0.4 is 0 Å². The van der Waals surface area contributed by atoms with Crippen molar-refractivity contribution >= 4 is 5.97 Å². The smallest absolute Gasteiger partial charge is 0.306 e. The fourth-order valence-electron chi connectivity index (χ4n) is 2.39. The van der Waals surface area contributed by atoms with Crippen LogP contribution in [0.4, 0.5) is 0 Å². The molecule has 0 radical (unpaired) electrons. The van der Waals surface area contributed by atoms with E-state index in [0.717, 1.165) is 25.9 Å². The molecule has 1 unspecified atom stereocenters. The Bertz CT molecular complexity index is 244. The van der Waals surface area contributed by atoms with Crippen molar-refractivity contribution in [2.45, 2.75) is 31.9 Å². The number of hydrogen-bond donors (Lipinski definition) is 1. The molecule has 0 amide bonds. The van der Waals surface area contributed by atoms with Crippen LogP contribution in [0, 0.1) is 11.8 Å². The maximum atomic E-state index is 10.8. The second-order valence-corrected chi connectivity index (χ2v) is 4.82. The first-order valence-corrected chi connectivity index (χ1v) is 5.61. The zero-order chi connectivity index (χ0) is 11.0. The van der Waals surface area contributed by atoms with Crippen molar-refractivity contribution in [3.63, 3.8) is 0 Å². The number of carboxylic acid groups (broad SMARTS) is 1. The Hall–Kier alpha value is -0.610. The van der Waals surface area contributed by atoms with Gasteiger partial charge in [-0.05, 0) is 18.8 Å². The normalized spacial score (nSPS) is 34.3. The van der Waals surface area contributed by atoms with E-state index in [9.17, 15) is 4.79 Å². The first-order chi connectivity index (χ1) is 7.11. The topological polar surface area (TPSA) is 49.8 Å². The van der Waals surface area contributed by atoms with E-state index in [1.165, 1.54) is 0 Å². The Balaban J connectivity index is 1.68. The highest BCUT2D eigenvalue weighted by Gasteiger charge is 2.42. The molecule has 0 aromatic rings. The van der Waals surface area contributed by atoms with Crippen LogP contribution in [0.3, 0.4) is 0 Å². The Labute approximate surface area is 90.2 Å². The van der Waals surface area contributed by atoms with Gasteiger partial charge >= 0.3 is 5.97 Å². The third-order valence-electron chi connectivity index (χ3n) is 3.95. The zero-order valence-corrected chi connectivity index (χ0v) is 9.35. The van der Waals surface area contributed by atoms with Crippen LogP contribution in [-0.4, -0.2) is 48.3 Å². The molecule has 2 rings (SSSR count). The summed E-state index contributed by atoms with van der Waals surface area (Å²) in [5.41, 5.74) is 0. The van der Waals surface area contributed by atoms with E-state index in [-0.39, 0.29) is 5.92 Å². The largest absolute Gasteiger partial charge is 0.481 e. The van der Waals surface area contributed by atoms with E-state index in [1.807, 2.05) is 6.92 Å². The molecule has 4 nitrogen and oxygen atoms in total. The second-order valence-electron chi connectivity index (χ2n) is 4.82. The Kier molecular flexibility index (Phi) is 2.98. The number of carboxylic acids is 1. The number of aliphatic carboxylic acids is 1. The lowest BCUT2D eigenvalue weighted by molar-refractivity contribution is -0.147. The minimum atomic E-state index is -0.664. The van der Waals surface area contributed by atoms with Gasteiger partial charge in [-0.2, -0.15) is 0 Å². The number of hydrogen-bond acceptors (Lipinski definition) is 3. The van der Waals surface area contributed by atoms with Gasteiger partial charge in [-0.1, -0.05) is 6.92 Å². The monoisotopic (exact) mass is 213 g/mol. The van der Waals surface area contributed by atoms with Gasteiger partial charge < -0.3 is 9.84 Å². The average molecular weight is 213 g/mol. The van der Waals surface area contributed by atoms with Gasteiger partial charge in [0.15, 0.2) is 0 Å². The second kappa shape index (κ2) is 4.10. The lowest BCUT2D eigenvalue weighted by Gasteiger charge is -2.51. The maximum absolute atomic E-state index is 10.8. The van der Waals surface area contributed by atoms with Gasteiger partial charge in [0.25, 0.3) is 0 Å². The van der Waals surface area contributed by atoms with Gasteiger partial charge in [-0.3, -0.25) is 9.69 Å². The maximum Gasteiger partial charge on any atom is 0.306 e. The Morgan fingerprint density at radius 2 is 2.07 bits per heavy atom. The Morgan fingerprint density at radius 3 is 2.53 bits per heavy atom. The molecule has 1 saturated carbocycles. The van der Waals surface area contributed by atoms with Crippen LogP contribution >= 0.6 is 0 Å². The quantitative estimate of drug-likeness (QED) is 0.751. The molecule has 1 atom stereocenters.